The second-order valence-electron chi connectivity index (χ2n) is 7.36. The number of piperidine rings is 1. The van der Waals surface area contributed by atoms with Gasteiger partial charge in [0, 0.05) is 18.3 Å². The normalized spacial score (nSPS) is 17.8. The van der Waals surface area contributed by atoms with Crippen molar-refractivity contribution in [3.63, 3.8) is 0 Å². The SMILES string of the molecule is CCC(C)c1ccc(NC(N)=NCCN2CCC(N(C)C)CC2)cc1.I. The highest BCUT2D eigenvalue weighted by Crippen LogP contribution is 2.20. The van der Waals surface area contributed by atoms with Gasteiger partial charge in [0.2, 0.25) is 0 Å². The number of aliphatic imine (C=N–C) groups is 1. The van der Waals surface area contributed by atoms with Crippen LogP contribution < -0.4 is 11.1 Å². The number of hydrogen-bond donors (Lipinski definition) is 2. The zero-order chi connectivity index (χ0) is 18.2. The van der Waals surface area contributed by atoms with Gasteiger partial charge in [0.05, 0.1) is 6.54 Å². The number of guanidine groups is 1. The first-order valence-electron chi connectivity index (χ1n) is 9.55. The molecule has 1 heterocycles. The van der Waals surface area contributed by atoms with Gasteiger partial charge in [-0.1, -0.05) is 26.0 Å². The first kappa shape index (κ1) is 23.2. The van der Waals surface area contributed by atoms with E-state index in [4.69, 9.17) is 5.73 Å². The molecule has 0 amide bonds. The molecule has 6 heteroatoms. The summed E-state index contributed by atoms with van der Waals surface area (Å²) in [6.45, 7) is 8.50. The van der Waals surface area contributed by atoms with E-state index in [1.807, 2.05) is 0 Å². The van der Waals surface area contributed by atoms with Gasteiger partial charge in [-0.05, 0) is 70.1 Å². The van der Waals surface area contributed by atoms with Gasteiger partial charge in [-0.15, -0.1) is 24.0 Å². The molecule has 1 aromatic rings. The molecular weight excluding hydrogens is 437 g/mol. The summed E-state index contributed by atoms with van der Waals surface area (Å²) in [7, 11) is 4.35. The summed E-state index contributed by atoms with van der Waals surface area (Å²) in [5.74, 6) is 1.09. The summed E-state index contributed by atoms with van der Waals surface area (Å²) < 4.78 is 0. The van der Waals surface area contributed by atoms with Crippen molar-refractivity contribution in [1.29, 1.82) is 0 Å². The largest absolute Gasteiger partial charge is 0.370 e. The molecule has 1 fully saturated rings. The Morgan fingerprint density at radius 3 is 2.42 bits per heavy atom. The molecule has 148 valence electrons. The van der Waals surface area contributed by atoms with E-state index in [1.165, 1.54) is 18.4 Å². The van der Waals surface area contributed by atoms with E-state index in [2.05, 4.69) is 72.3 Å². The Bertz CT molecular complexity index is 536. The van der Waals surface area contributed by atoms with Crippen LogP contribution in [0, 0.1) is 0 Å². The van der Waals surface area contributed by atoms with Crippen molar-refractivity contribution in [2.75, 3.05) is 45.6 Å². The minimum absolute atomic E-state index is 0. The number of nitrogens with two attached hydrogens (primary N) is 1. The van der Waals surface area contributed by atoms with E-state index in [0.717, 1.165) is 44.3 Å². The second-order valence-corrected chi connectivity index (χ2v) is 7.36. The molecule has 1 unspecified atom stereocenters. The fourth-order valence-corrected chi connectivity index (χ4v) is 3.29. The first-order chi connectivity index (χ1) is 12.0. The first-order valence-corrected chi connectivity index (χ1v) is 9.55. The molecule has 26 heavy (non-hydrogen) atoms. The molecule has 1 saturated heterocycles. The maximum atomic E-state index is 6.02. The lowest BCUT2D eigenvalue weighted by Gasteiger charge is -2.34. The van der Waals surface area contributed by atoms with Gasteiger partial charge in [-0.25, -0.2) is 0 Å². The van der Waals surface area contributed by atoms with E-state index in [0.29, 0.717) is 11.9 Å². The van der Waals surface area contributed by atoms with Crippen LogP contribution in [0.2, 0.25) is 0 Å². The quantitative estimate of drug-likeness (QED) is 0.361. The summed E-state index contributed by atoms with van der Waals surface area (Å²) in [5.41, 5.74) is 8.39. The minimum atomic E-state index is 0. The molecule has 0 aromatic heterocycles. The maximum absolute atomic E-state index is 6.02. The predicted molar refractivity (Wildman–Crippen MR) is 124 cm³/mol. The van der Waals surface area contributed by atoms with Crippen molar-refractivity contribution in [3.05, 3.63) is 29.8 Å². The Hall–Kier alpha value is -0.860. The summed E-state index contributed by atoms with van der Waals surface area (Å²) in [5, 5.41) is 3.19. The zero-order valence-corrected chi connectivity index (χ0v) is 19.1. The highest BCUT2D eigenvalue weighted by molar-refractivity contribution is 14.0. The summed E-state index contributed by atoms with van der Waals surface area (Å²) in [6.07, 6.45) is 3.64. The Labute approximate surface area is 176 Å². The highest BCUT2D eigenvalue weighted by Gasteiger charge is 2.19. The maximum Gasteiger partial charge on any atom is 0.193 e. The van der Waals surface area contributed by atoms with Crippen LogP contribution in [0.1, 0.15) is 44.6 Å². The third kappa shape index (κ3) is 7.40. The second kappa shape index (κ2) is 11.8. The summed E-state index contributed by atoms with van der Waals surface area (Å²) in [4.78, 5) is 9.29. The van der Waals surface area contributed by atoms with Crippen molar-refractivity contribution in [2.45, 2.75) is 45.1 Å². The third-order valence-corrected chi connectivity index (χ3v) is 5.35. The minimum Gasteiger partial charge on any atom is -0.370 e. The number of likely N-dealkylation sites (tertiary alicyclic amines) is 1. The highest BCUT2D eigenvalue weighted by atomic mass is 127. The van der Waals surface area contributed by atoms with Gasteiger partial charge < -0.3 is 20.9 Å². The van der Waals surface area contributed by atoms with Gasteiger partial charge in [-0.2, -0.15) is 0 Å². The van der Waals surface area contributed by atoms with E-state index in [1.54, 1.807) is 0 Å². The number of nitrogens with zero attached hydrogens (tertiary/aromatic N) is 3. The fourth-order valence-electron chi connectivity index (χ4n) is 3.29. The van der Waals surface area contributed by atoms with Crippen LogP contribution in [0.3, 0.4) is 0 Å². The Kier molecular flexibility index (Phi) is 10.5. The topological polar surface area (TPSA) is 56.9 Å². The van der Waals surface area contributed by atoms with Crippen LogP contribution in [-0.2, 0) is 0 Å². The molecular formula is C20H36IN5. The van der Waals surface area contributed by atoms with Crippen molar-refractivity contribution in [3.8, 4) is 0 Å². The van der Waals surface area contributed by atoms with Crippen molar-refractivity contribution < 1.29 is 0 Å². The molecule has 5 nitrogen and oxygen atoms in total. The van der Waals surface area contributed by atoms with Crippen molar-refractivity contribution >= 4 is 35.6 Å². The van der Waals surface area contributed by atoms with Gasteiger partial charge in [0.15, 0.2) is 5.96 Å². The summed E-state index contributed by atoms with van der Waals surface area (Å²) in [6, 6.07) is 9.22. The van der Waals surface area contributed by atoms with Crippen LogP contribution in [0.25, 0.3) is 0 Å². The molecule has 0 bridgehead atoms. The fraction of sp³-hybridized carbons (Fsp3) is 0.650. The Balaban J connectivity index is 0.00000338. The third-order valence-electron chi connectivity index (χ3n) is 5.35. The number of rotatable bonds is 7. The smallest absolute Gasteiger partial charge is 0.193 e. The Morgan fingerprint density at radius 2 is 1.88 bits per heavy atom. The summed E-state index contributed by atoms with van der Waals surface area (Å²) >= 11 is 0. The number of benzene rings is 1. The molecule has 3 N–H and O–H groups in total. The monoisotopic (exact) mass is 473 g/mol. The van der Waals surface area contributed by atoms with Crippen molar-refractivity contribution in [2.24, 2.45) is 10.7 Å². The average Bonchev–Trinajstić information content (AvgIpc) is 2.62. The van der Waals surface area contributed by atoms with Gasteiger partial charge >= 0.3 is 0 Å². The van der Waals surface area contributed by atoms with E-state index >= 15 is 0 Å². The lowest BCUT2D eigenvalue weighted by Crippen LogP contribution is -2.42. The van der Waals surface area contributed by atoms with Crippen LogP contribution in [-0.4, -0.2) is 62.1 Å². The number of anilines is 1. The van der Waals surface area contributed by atoms with Crippen LogP contribution in [0.5, 0.6) is 0 Å². The standard InChI is InChI=1S/C20H35N5.HI/c1-5-16(2)17-6-8-18(9-7-17)23-20(21)22-12-15-25-13-10-19(11-14-25)24(3)4;/h6-9,16,19H,5,10-15H2,1-4H3,(H3,21,22,23);1H. The lowest BCUT2D eigenvalue weighted by atomic mass is 9.99. The van der Waals surface area contributed by atoms with E-state index < -0.39 is 0 Å². The van der Waals surface area contributed by atoms with Crippen LogP contribution in [0.4, 0.5) is 5.69 Å². The van der Waals surface area contributed by atoms with E-state index in [9.17, 15) is 0 Å². The zero-order valence-electron chi connectivity index (χ0n) is 16.7. The van der Waals surface area contributed by atoms with Gasteiger partial charge in [0.25, 0.3) is 0 Å². The molecule has 0 spiro atoms. The molecule has 1 atom stereocenters. The number of hydrogen-bond acceptors (Lipinski definition) is 3. The number of halogens is 1. The molecule has 1 aliphatic heterocycles. The van der Waals surface area contributed by atoms with Gasteiger partial charge in [0.1, 0.15) is 0 Å². The molecule has 1 aliphatic rings. The predicted octanol–water partition coefficient (Wildman–Crippen LogP) is 3.57. The lowest BCUT2D eigenvalue weighted by molar-refractivity contribution is 0.148. The Morgan fingerprint density at radius 1 is 1.27 bits per heavy atom. The van der Waals surface area contributed by atoms with E-state index in [-0.39, 0.29) is 24.0 Å². The average molecular weight is 473 g/mol. The molecule has 1 aromatic carbocycles. The van der Waals surface area contributed by atoms with Gasteiger partial charge in [-0.3, -0.25) is 4.99 Å². The molecule has 2 rings (SSSR count). The molecule has 0 saturated carbocycles. The molecule has 0 radical (unpaired) electrons. The van der Waals surface area contributed by atoms with Crippen LogP contribution >= 0.6 is 24.0 Å². The van der Waals surface area contributed by atoms with Crippen LogP contribution in [0.15, 0.2) is 29.3 Å². The number of nitrogens with one attached hydrogen (secondary N) is 1. The van der Waals surface area contributed by atoms with Crippen molar-refractivity contribution in [1.82, 2.24) is 9.80 Å². The molecule has 0 aliphatic carbocycles.